The number of benzene rings is 1. The van der Waals surface area contributed by atoms with E-state index in [1.807, 2.05) is 11.0 Å². The highest BCUT2D eigenvalue weighted by atomic mass is 16.2. The Bertz CT molecular complexity index is 1070. The zero-order chi connectivity index (χ0) is 22.8. The molecule has 0 spiro atoms. The largest absolute Gasteiger partial charge is 0.330 e. The Hall–Kier alpha value is -3.11. The monoisotopic (exact) mass is 441 g/mol. The van der Waals surface area contributed by atoms with Crippen LogP contribution in [0.5, 0.6) is 0 Å². The summed E-state index contributed by atoms with van der Waals surface area (Å²) in [4.78, 5) is 47.3. The smallest absolute Gasteiger partial charge is 0.327 e. The number of H-pyrrole nitrogens is 2. The number of aromatic nitrogens is 2. The number of fused-ring (bicyclic) bond motifs is 1. The van der Waals surface area contributed by atoms with Gasteiger partial charge < -0.3 is 10.6 Å². The van der Waals surface area contributed by atoms with Crippen molar-refractivity contribution in [3.63, 3.8) is 0 Å². The second-order valence-electron chi connectivity index (χ2n) is 8.90. The van der Waals surface area contributed by atoms with E-state index in [1.165, 1.54) is 0 Å². The van der Waals surface area contributed by atoms with Crippen molar-refractivity contribution in [1.29, 1.82) is 0 Å². The molecule has 2 aliphatic rings. The Labute approximate surface area is 186 Å². The molecular formula is C22H31N7O3. The van der Waals surface area contributed by atoms with Crippen LogP contribution >= 0.6 is 0 Å². The number of anilines is 2. The van der Waals surface area contributed by atoms with Gasteiger partial charge in [0.15, 0.2) is 12.1 Å². The summed E-state index contributed by atoms with van der Waals surface area (Å²) in [5, 5.41) is 1.61. The Balaban J connectivity index is 1.77. The molecular weight excluding hydrogens is 410 g/mol. The van der Waals surface area contributed by atoms with Crippen molar-refractivity contribution in [2.45, 2.75) is 45.4 Å². The van der Waals surface area contributed by atoms with E-state index in [0.29, 0.717) is 30.3 Å². The minimum absolute atomic E-state index is 0.00317. The second kappa shape index (κ2) is 9.17. The first-order chi connectivity index (χ1) is 15.3. The van der Waals surface area contributed by atoms with E-state index in [-0.39, 0.29) is 17.8 Å². The number of nitrogens with zero attached hydrogens (tertiary/aromatic N) is 3. The third-order valence-electron chi connectivity index (χ3n) is 5.96. The van der Waals surface area contributed by atoms with Crippen molar-refractivity contribution in [2.75, 3.05) is 29.5 Å². The van der Waals surface area contributed by atoms with Crippen LogP contribution in [0.25, 0.3) is 0 Å². The number of piperidine rings is 1. The van der Waals surface area contributed by atoms with Crippen LogP contribution in [0.2, 0.25) is 0 Å². The van der Waals surface area contributed by atoms with Gasteiger partial charge in [0.2, 0.25) is 0 Å². The van der Waals surface area contributed by atoms with Crippen molar-refractivity contribution in [3.05, 3.63) is 56.7 Å². The number of hydrogen-bond donors (Lipinski definition) is 4. The summed E-state index contributed by atoms with van der Waals surface area (Å²) in [5.74, 6) is 0.378. The van der Waals surface area contributed by atoms with E-state index in [4.69, 9.17) is 5.73 Å². The van der Waals surface area contributed by atoms with Gasteiger partial charge in [0.1, 0.15) is 5.69 Å². The minimum atomic E-state index is -0.618. The molecule has 2 aromatic rings. The van der Waals surface area contributed by atoms with Gasteiger partial charge in [-0.25, -0.2) is 9.80 Å². The normalized spacial score (nSPS) is 21.1. The molecule has 3 heterocycles. The van der Waals surface area contributed by atoms with Gasteiger partial charge in [-0.15, -0.1) is 0 Å². The average Bonchev–Trinajstić information content (AvgIpc) is 3.06. The average molecular weight is 442 g/mol. The maximum absolute atomic E-state index is 13.1. The summed E-state index contributed by atoms with van der Waals surface area (Å²) in [7, 11) is 0. The van der Waals surface area contributed by atoms with Crippen molar-refractivity contribution < 1.29 is 4.79 Å². The molecule has 2 atom stereocenters. The maximum Gasteiger partial charge on any atom is 0.327 e. The molecule has 4 rings (SSSR count). The first kappa shape index (κ1) is 22.1. The van der Waals surface area contributed by atoms with Crippen molar-refractivity contribution in [3.8, 4) is 0 Å². The number of carbonyl (C=O) groups is 1. The van der Waals surface area contributed by atoms with Crippen LogP contribution in [-0.2, 0) is 0 Å². The molecule has 10 heteroatoms. The lowest BCUT2D eigenvalue weighted by Gasteiger charge is -2.43. The van der Waals surface area contributed by atoms with E-state index >= 15 is 0 Å². The van der Waals surface area contributed by atoms with Crippen molar-refractivity contribution in [2.24, 2.45) is 11.7 Å². The van der Waals surface area contributed by atoms with Crippen LogP contribution in [0.3, 0.4) is 0 Å². The van der Waals surface area contributed by atoms with E-state index in [2.05, 4.69) is 34.1 Å². The fraction of sp³-hybridized carbons (Fsp3) is 0.500. The van der Waals surface area contributed by atoms with Crippen molar-refractivity contribution in [1.82, 2.24) is 20.3 Å². The van der Waals surface area contributed by atoms with Gasteiger partial charge in [0.05, 0.1) is 0 Å². The van der Waals surface area contributed by atoms with Gasteiger partial charge in [-0.05, 0) is 37.3 Å². The number of likely N-dealkylation sites (tertiary alicyclic amines) is 1. The summed E-state index contributed by atoms with van der Waals surface area (Å²) < 4.78 is 0. The molecule has 1 amide bonds. The van der Waals surface area contributed by atoms with Gasteiger partial charge in [-0.2, -0.15) is 0 Å². The third kappa shape index (κ3) is 4.42. The number of hydrogen-bond acceptors (Lipinski definition) is 7. The fourth-order valence-corrected chi connectivity index (χ4v) is 4.39. The number of rotatable bonds is 6. The van der Waals surface area contributed by atoms with E-state index in [1.54, 1.807) is 29.3 Å². The molecule has 1 saturated heterocycles. The summed E-state index contributed by atoms with van der Waals surface area (Å²) in [6.07, 6.45) is 2.21. The number of nitrogens with one attached hydrogen (secondary N) is 3. The van der Waals surface area contributed by atoms with Crippen LogP contribution < -0.4 is 32.3 Å². The standard InChI is InChI=1S/C22H31N7O3/c1-14(2)10-12-28-17-18(24-21(32)25-20(17)31)29(22(28)27-11-6-9-16(23)13-27)26-19(30)15-7-4-3-5-8-15/h3-5,7-8,14,16,22H,6,9-13,23H2,1-2H3,(H,26,30)(H2,24,25,31,32). The topological polar surface area (TPSA) is 131 Å². The van der Waals surface area contributed by atoms with Gasteiger partial charge in [0, 0.05) is 31.2 Å². The highest BCUT2D eigenvalue weighted by molar-refractivity contribution is 5.95. The van der Waals surface area contributed by atoms with Crippen LogP contribution in [0.1, 0.15) is 43.5 Å². The lowest BCUT2D eigenvalue weighted by molar-refractivity contribution is 0.0902. The molecule has 0 radical (unpaired) electrons. The zero-order valence-electron chi connectivity index (χ0n) is 18.5. The number of amides is 1. The zero-order valence-corrected chi connectivity index (χ0v) is 18.5. The minimum Gasteiger partial charge on any atom is -0.330 e. The Morgan fingerprint density at radius 2 is 1.97 bits per heavy atom. The number of hydrazine groups is 1. The predicted molar refractivity (Wildman–Crippen MR) is 123 cm³/mol. The highest BCUT2D eigenvalue weighted by Gasteiger charge is 2.44. The molecule has 2 unspecified atom stereocenters. The summed E-state index contributed by atoms with van der Waals surface area (Å²) >= 11 is 0. The van der Waals surface area contributed by atoms with Gasteiger partial charge in [-0.3, -0.25) is 29.9 Å². The first-order valence-corrected chi connectivity index (χ1v) is 11.1. The van der Waals surface area contributed by atoms with Crippen LogP contribution in [-0.4, -0.2) is 52.7 Å². The molecule has 0 saturated carbocycles. The number of carbonyl (C=O) groups excluding carboxylic acids is 1. The molecule has 1 aromatic carbocycles. The lowest BCUT2D eigenvalue weighted by atomic mass is 10.1. The summed E-state index contributed by atoms with van der Waals surface area (Å²) in [5.41, 5.74) is 8.94. The second-order valence-corrected chi connectivity index (χ2v) is 8.90. The Kier molecular flexibility index (Phi) is 6.33. The summed E-state index contributed by atoms with van der Waals surface area (Å²) in [6, 6.07) is 8.85. The van der Waals surface area contributed by atoms with Crippen LogP contribution in [0, 0.1) is 5.92 Å². The van der Waals surface area contributed by atoms with Gasteiger partial charge in [0.25, 0.3) is 11.5 Å². The van der Waals surface area contributed by atoms with E-state index in [0.717, 1.165) is 25.8 Å². The Morgan fingerprint density at radius 3 is 2.66 bits per heavy atom. The van der Waals surface area contributed by atoms with Crippen molar-refractivity contribution >= 4 is 17.4 Å². The molecule has 0 aliphatic carbocycles. The quantitative estimate of drug-likeness (QED) is 0.521. The van der Waals surface area contributed by atoms with Crippen LogP contribution in [0.15, 0.2) is 39.9 Å². The summed E-state index contributed by atoms with van der Waals surface area (Å²) in [6.45, 7) is 6.22. The van der Waals surface area contributed by atoms with Gasteiger partial charge >= 0.3 is 5.69 Å². The fourth-order valence-electron chi connectivity index (χ4n) is 4.39. The first-order valence-electron chi connectivity index (χ1n) is 11.1. The molecule has 1 aromatic heterocycles. The van der Waals surface area contributed by atoms with E-state index in [9.17, 15) is 14.4 Å². The molecule has 5 N–H and O–H groups in total. The molecule has 10 nitrogen and oxygen atoms in total. The SMILES string of the molecule is CC(C)CCN1c2c([nH]c(=O)[nH]c2=O)N(NC(=O)c2ccccc2)C1N1CCCC(N)C1. The molecule has 0 bridgehead atoms. The van der Waals surface area contributed by atoms with Crippen LogP contribution in [0.4, 0.5) is 11.5 Å². The number of aromatic amines is 2. The highest BCUT2D eigenvalue weighted by Crippen LogP contribution is 2.36. The lowest BCUT2D eigenvalue weighted by Crippen LogP contribution is -2.63. The molecule has 32 heavy (non-hydrogen) atoms. The van der Waals surface area contributed by atoms with E-state index < -0.39 is 17.5 Å². The number of nitrogens with two attached hydrogens (primary N) is 1. The molecule has 172 valence electrons. The molecule has 1 fully saturated rings. The predicted octanol–water partition coefficient (Wildman–Crippen LogP) is 0.787. The third-order valence-corrected chi connectivity index (χ3v) is 5.96. The maximum atomic E-state index is 13.1. The molecule has 2 aliphatic heterocycles. The Morgan fingerprint density at radius 1 is 1.22 bits per heavy atom. The van der Waals surface area contributed by atoms with Gasteiger partial charge in [-0.1, -0.05) is 32.0 Å².